The Hall–Kier alpha value is -1.44. The molecule has 17 heavy (non-hydrogen) atoms. The molecule has 1 fully saturated rings. The summed E-state index contributed by atoms with van der Waals surface area (Å²) in [6.45, 7) is -0.0439. The van der Waals surface area contributed by atoms with E-state index in [1.165, 1.54) is 6.20 Å². The van der Waals surface area contributed by atoms with Gasteiger partial charge in [-0.1, -0.05) is 0 Å². The van der Waals surface area contributed by atoms with Crippen LogP contribution in [0.25, 0.3) is 0 Å². The third-order valence-electron chi connectivity index (χ3n) is 2.51. The second kappa shape index (κ2) is 6.33. The molecule has 0 aliphatic carbocycles. The zero-order valence-electron chi connectivity index (χ0n) is 9.47. The first kappa shape index (κ1) is 13.6. The first-order valence-corrected chi connectivity index (χ1v) is 5.23. The van der Waals surface area contributed by atoms with Gasteiger partial charge in [0.25, 0.3) is 5.56 Å². The maximum absolute atomic E-state index is 11.4. The number of aliphatic hydroxyl groups is 2. The average molecular weight is 244 g/mol. The van der Waals surface area contributed by atoms with E-state index in [-0.39, 0.29) is 18.8 Å². The van der Waals surface area contributed by atoms with Crippen LogP contribution in [-0.2, 0) is 4.74 Å². The van der Waals surface area contributed by atoms with Gasteiger partial charge in [-0.2, -0.15) is 0 Å². The molecule has 2 rings (SSSR count). The number of hydrogen-bond acceptors (Lipinski definition) is 5. The maximum Gasteiger partial charge on any atom is 0.325 e. The Morgan fingerprint density at radius 3 is 2.65 bits per heavy atom. The van der Waals surface area contributed by atoms with Crippen LogP contribution < -0.4 is 11.2 Å². The van der Waals surface area contributed by atoms with Crippen molar-refractivity contribution in [2.24, 2.45) is 0 Å². The van der Waals surface area contributed by atoms with Crippen molar-refractivity contribution in [3.05, 3.63) is 32.6 Å². The highest BCUT2D eigenvalue weighted by Gasteiger charge is 2.27. The fourth-order valence-electron chi connectivity index (χ4n) is 1.73. The summed E-state index contributed by atoms with van der Waals surface area (Å²) >= 11 is 0. The van der Waals surface area contributed by atoms with E-state index in [1.807, 2.05) is 0 Å². The number of rotatable bonds is 2. The minimum Gasteiger partial charge on any atom is -0.400 e. The molecular formula is C10H16N2O5. The third-order valence-corrected chi connectivity index (χ3v) is 2.51. The maximum atomic E-state index is 11.4. The van der Waals surface area contributed by atoms with Gasteiger partial charge in [0, 0.05) is 13.3 Å². The Morgan fingerprint density at radius 1 is 1.41 bits per heavy atom. The summed E-state index contributed by atoms with van der Waals surface area (Å²) in [4.78, 5) is 26.7. The number of aromatic amines is 2. The Bertz CT molecular complexity index is 452. The van der Waals surface area contributed by atoms with Gasteiger partial charge in [-0.05, 0) is 12.8 Å². The molecule has 0 spiro atoms. The minimum atomic E-state index is -0.527. The van der Waals surface area contributed by atoms with Crippen LogP contribution in [0.5, 0.6) is 0 Å². The van der Waals surface area contributed by atoms with Gasteiger partial charge in [0.15, 0.2) is 0 Å². The van der Waals surface area contributed by atoms with Crippen molar-refractivity contribution in [1.82, 2.24) is 9.97 Å². The van der Waals surface area contributed by atoms with Gasteiger partial charge in [-0.3, -0.25) is 9.78 Å². The van der Waals surface area contributed by atoms with Gasteiger partial charge in [0.05, 0.1) is 24.4 Å². The lowest BCUT2D eigenvalue weighted by molar-refractivity contribution is 0.0102. The highest BCUT2D eigenvalue weighted by Crippen LogP contribution is 2.29. The molecule has 7 heteroatoms. The lowest BCUT2D eigenvalue weighted by Gasteiger charge is -2.10. The second-order valence-electron chi connectivity index (χ2n) is 3.53. The molecule has 0 bridgehead atoms. The van der Waals surface area contributed by atoms with Crippen molar-refractivity contribution >= 4 is 0 Å². The van der Waals surface area contributed by atoms with Crippen LogP contribution in [-0.4, -0.2) is 40.0 Å². The molecule has 0 radical (unpaired) electrons. The number of H-pyrrole nitrogens is 2. The molecule has 1 aromatic heterocycles. The normalized spacial score (nSPS) is 23.0. The molecular weight excluding hydrogens is 228 g/mol. The number of hydrogen-bond donors (Lipinski definition) is 4. The monoisotopic (exact) mass is 244 g/mol. The predicted molar refractivity (Wildman–Crippen MR) is 59.8 cm³/mol. The molecule has 0 saturated carbocycles. The van der Waals surface area contributed by atoms with E-state index in [4.69, 9.17) is 14.9 Å². The van der Waals surface area contributed by atoms with Crippen molar-refractivity contribution in [2.75, 3.05) is 13.7 Å². The summed E-state index contributed by atoms with van der Waals surface area (Å²) in [5.74, 6) is 0. The van der Waals surface area contributed by atoms with Crippen LogP contribution in [0.1, 0.15) is 24.5 Å². The van der Waals surface area contributed by atoms with Crippen LogP contribution in [0.15, 0.2) is 15.8 Å². The van der Waals surface area contributed by atoms with Crippen LogP contribution in [0.4, 0.5) is 0 Å². The van der Waals surface area contributed by atoms with E-state index in [1.54, 1.807) is 0 Å². The number of aromatic nitrogens is 2. The number of ether oxygens (including phenoxy) is 1. The lowest BCUT2D eigenvalue weighted by Crippen LogP contribution is -2.26. The minimum absolute atomic E-state index is 0.0439. The van der Waals surface area contributed by atoms with E-state index < -0.39 is 11.2 Å². The van der Waals surface area contributed by atoms with Gasteiger partial charge >= 0.3 is 5.69 Å². The summed E-state index contributed by atoms with van der Waals surface area (Å²) in [5, 5.41) is 15.9. The van der Waals surface area contributed by atoms with Crippen molar-refractivity contribution < 1.29 is 14.9 Å². The molecule has 1 aromatic rings. The second-order valence-corrected chi connectivity index (χ2v) is 3.53. The standard InChI is InChI=1S/C9H12N2O4.CH4O/c12-4-5-1-2-7(15-5)6-3-10-9(14)11-8(6)13;1-2/h3,5,7,12H,1-2,4H2,(H2,10,11,13,14);2H,1H3. The Balaban J connectivity index is 0.000000686. The van der Waals surface area contributed by atoms with Gasteiger partial charge < -0.3 is 19.9 Å². The Morgan fingerprint density at radius 2 is 2.12 bits per heavy atom. The van der Waals surface area contributed by atoms with Crippen LogP contribution in [0.3, 0.4) is 0 Å². The molecule has 0 amide bonds. The first-order valence-electron chi connectivity index (χ1n) is 5.23. The molecule has 2 atom stereocenters. The quantitative estimate of drug-likeness (QED) is 0.526. The van der Waals surface area contributed by atoms with Gasteiger partial charge in [-0.25, -0.2) is 4.79 Å². The topological polar surface area (TPSA) is 115 Å². The van der Waals surface area contributed by atoms with E-state index in [9.17, 15) is 9.59 Å². The lowest BCUT2D eigenvalue weighted by atomic mass is 10.1. The highest BCUT2D eigenvalue weighted by atomic mass is 16.5. The summed E-state index contributed by atoms with van der Waals surface area (Å²) < 4.78 is 5.43. The zero-order valence-corrected chi connectivity index (χ0v) is 9.47. The fraction of sp³-hybridized carbons (Fsp3) is 0.600. The van der Waals surface area contributed by atoms with E-state index in [0.717, 1.165) is 13.5 Å². The molecule has 1 aliphatic heterocycles. The Kier molecular flexibility index (Phi) is 5.08. The SMILES string of the molecule is CO.O=c1[nH]cc(C2CCC(CO)O2)c(=O)[nH]1. The third kappa shape index (κ3) is 3.26. The van der Waals surface area contributed by atoms with Crippen molar-refractivity contribution in [3.63, 3.8) is 0 Å². The zero-order chi connectivity index (χ0) is 12.8. The van der Waals surface area contributed by atoms with E-state index in [2.05, 4.69) is 9.97 Å². The molecule has 4 N–H and O–H groups in total. The van der Waals surface area contributed by atoms with E-state index in [0.29, 0.717) is 12.0 Å². The largest absolute Gasteiger partial charge is 0.400 e. The highest BCUT2D eigenvalue weighted by molar-refractivity contribution is 5.09. The molecule has 2 heterocycles. The average Bonchev–Trinajstić information content (AvgIpc) is 2.80. The smallest absolute Gasteiger partial charge is 0.325 e. The first-order chi connectivity index (χ1) is 8.20. The predicted octanol–water partition coefficient (Wildman–Crippen LogP) is -1.12. The summed E-state index contributed by atoms with van der Waals surface area (Å²) in [6, 6.07) is 0. The molecule has 0 aromatic carbocycles. The van der Waals surface area contributed by atoms with Crippen LogP contribution in [0, 0.1) is 0 Å². The van der Waals surface area contributed by atoms with Crippen molar-refractivity contribution in [1.29, 1.82) is 0 Å². The summed E-state index contributed by atoms with van der Waals surface area (Å²) in [6.07, 6.45) is 2.23. The van der Waals surface area contributed by atoms with E-state index >= 15 is 0 Å². The van der Waals surface area contributed by atoms with Crippen molar-refractivity contribution in [3.8, 4) is 0 Å². The fourth-order valence-corrected chi connectivity index (χ4v) is 1.73. The molecule has 1 aliphatic rings. The van der Waals surface area contributed by atoms with Gasteiger partial charge in [0.1, 0.15) is 0 Å². The van der Waals surface area contributed by atoms with Crippen LogP contribution >= 0.6 is 0 Å². The van der Waals surface area contributed by atoms with Crippen LogP contribution in [0.2, 0.25) is 0 Å². The van der Waals surface area contributed by atoms with Gasteiger partial charge in [0.2, 0.25) is 0 Å². The number of nitrogens with one attached hydrogen (secondary N) is 2. The summed E-state index contributed by atoms with van der Waals surface area (Å²) in [5.41, 5.74) is -0.548. The molecule has 96 valence electrons. The number of aliphatic hydroxyl groups excluding tert-OH is 2. The van der Waals surface area contributed by atoms with Crippen molar-refractivity contribution in [2.45, 2.75) is 25.0 Å². The molecule has 1 saturated heterocycles. The molecule has 2 unspecified atom stereocenters. The summed E-state index contributed by atoms with van der Waals surface area (Å²) in [7, 11) is 1.00. The van der Waals surface area contributed by atoms with Gasteiger partial charge in [-0.15, -0.1) is 0 Å². The molecule has 7 nitrogen and oxygen atoms in total. The Labute approximate surface area is 97.1 Å².